The van der Waals surface area contributed by atoms with Gasteiger partial charge in [0, 0.05) is 13.1 Å². The number of hydrogen-bond donors (Lipinski definition) is 1. The van der Waals surface area contributed by atoms with Crippen molar-refractivity contribution in [2.75, 3.05) is 17.4 Å². The Kier molecular flexibility index (Phi) is 9.06. The zero-order chi connectivity index (χ0) is 26.3. The topological polar surface area (TPSA) is 86.8 Å². The van der Waals surface area contributed by atoms with Gasteiger partial charge in [-0.2, -0.15) is 0 Å². The zero-order valence-electron chi connectivity index (χ0n) is 19.9. The van der Waals surface area contributed by atoms with E-state index in [4.69, 9.17) is 11.6 Å². The van der Waals surface area contributed by atoms with Crippen LogP contribution in [-0.2, 0) is 26.2 Å². The van der Waals surface area contributed by atoms with E-state index in [0.29, 0.717) is 12.1 Å². The van der Waals surface area contributed by atoms with Crippen LogP contribution in [0, 0.1) is 5.82 Å². The number of amides is 2. The number of nitrogens with one attached hydrogen (secondary N) is 1. The molecule has 0 spiro atoms. The quantitative estimate of drug-likeness (QED) is 0.424. The summed E-state index contributed by atoms with van der Waals surface area (Å²) in [5, 5.41) is 2.83. The number of hydrogen-bond acceptors (Lipinski definition) is 4. The van der Waals surface area contributed by atoms with Crippen molar-refractivity contribution in [2.24, 2.45) is 0 Å². The highest BCUT2D eigenvalue weighted by Crippen LogP contribution is 2.30. The van der Waals surface area contributed by atoms with Gasteiger partial charge in [-0.25, -0.2) is 12.8 Å². The number of anilines is 1. The van der Waals surface area contributed by atoms with Gasteiger partial charge in [0.05, 0.1) is 15.6 Å². The van der Waals surface area contributed by atoms with Crippen LogP contribution in [0.5, 0.6) is 0 Å². The van der Waals surface area contributed by atoms with Crippen LogP contribution in [-0.4, -0.2) is 44.3 Å². The number of carbonyl (C=O) groups is 2. The lowest BCUT2D eigenvalue weighted by Crippen LogP contribution is -2.51. The first-order valence-corrected chi connectivity index (χ1v) is 13.1. The van der Waals surface area contributed by atoms with Crippen LogP contribution in [0.15, 0.2) is 83.8 Å². The van der Waals surface area contributed by atoms with E-state index in [9.17, 15) is 22.4 Å². The number of halogens is 2. The van der Waals surface area contributed by atoms with Gasteiger partial charge in [-0.05, 0) is 55.8 Å². The second kappa shape index (κ2) is 12.0. The van der Waals surface area contributed by atoms with E-state index in [1.165, 1.54) is 53.4 Å². The van der Waals surface area contributed by atoms with Gasteiger partial charge < -0.3 is 10.2 Å². The van der Waals surface area contributed by atoms with Gasteiger partial charge in [0.2, 0.25) is 11.8 Å². The Morgan fingerprint density at radius 2 is 1.58 bits per heavy atom. The lowest BCUT2D eigenvalue weighted by molar-refractivity contribution is -0.139. The predicted octanol–water partition coefficient (Wildman–Crippen LogP) is 4.23. The average Bonchev–Trinajstić information content (AvgIpc) is 2.87. The fourth-order valence-electron chi connectivity index (χ4n) is 3.58. The number of rotatable bonds is 10. The van der Waals surface area contributed by atoms with E-state index >= 15 is 0 Å². The third kappa shape index (κ3) is 6.41. The van der Waals surface area contributed by atoms with Crippen LogP contribution in [0.2, 0.25) is 5.02 Å². The molecular formula is C26H27ClFN3O4S. The van der Waals surface area contributed by atoms with Crippen LogP contribution >= 0.6 is 11.6 Å². The fourth-order valence-corrected chi connectivity index (χ4v) is 5.32. The molecule has 190 valence electrons. The first kappa shape index (κ1) is 27.2. The van der Waals surface area contributed by atoms with Gasteiger partial charge in [-0.15, -0.1) is 0 Å². The molecule has 3 rings (SSSR count). The molecule has 0 aliphatic carbocycles. The summed E-state index contributed by atoms with van der Waals surface area (Å²) in [6.45, 7) is 3.03. The smallest absolute Gasteiger partial charge is 0.264 e. The van der Waals surface area contributed by atoms with E-state index in [-0.39, 0.29) is 22.2 Å². The van der Waals surface area contributed by atoms with Crippen LogP contribution in [0.3, 0.4) is 0 Å². The summed E-state index contributed by atoms with van der Waals surface area (Å²) >= 11 is 6.34. The maximum absolute atomic E-state index is 13.7. The second-order valence-corrected chi connectivity index (χ2v) is 10.3. The normalized spacial score (nSPS) is 12.0. The molecule has 10 heteroatoms. The van der Waals surface area contributed by atoms with Crippen LogP contribution in [0.1, 0.15) is 19.4 Å². The lowest BCUT2D eigenvalue weighted by Gasteiger charge is -2.32. The van der Waals surface area contributed by atoms with Gasteiger partial charge >= 0.3 is 0 Å². The van der Waals surface area contributed by atoms with Crippen LogP contribution in [0.25, 0.3) is 0 Å². The molecule has 7 nitrogen and oxygen atoms in total. The molecule has 2 amide bonds. The van der Waals surface area contributed by atoms with Crippen LogP contribution < -0.4 is 9.62 Å². The van der Waals surface area contributed by atoms with Crippen molar-refractivity contribution in [3.05, 3.63) is 95.3 Å². The van der Waals surface area contributed by atoms with Crippen molar-refractivity contribution in [3.63, 3.8) is 0 Å². The fraction of sp³-hybridized carbons (Fsp3) is 0.231. The number of nitrogens with zero attached hydrogens (tertiary/aromatic N) is 2. The van der Waals surface area contributed by atoms with Gasteiger partial charge in [0.1, 0.15) is 18.4 Å². The van der Waals surface area contributed by atoms with E-state index < -0.39 is 40.2 Å². The molecule has 0 radical (unpaired) electrons. The Morgan fingerprint density at radius 3 is 2.19 bits per heavy atom. The Hall–Kier alpha value is -3.43. The molecule has 0 unspecified atom stereocenters. The highest BCUT2D eigenvalue weighted by Gasteiger charge is 2.33. The molecular weight excluding hydrogens is 505 g/mol. The molecule has 0 aliphatic rings. The predicted molar refractivity (Wildman–Crippen MR) is 138 cm³/mol. The molecule has 36 heavy (non-hydrogen) atoms. The average molecular weight is 532 g/mol. The number of para-hydroxylation sites is 1. The second-order valence-electron chi connectivity index (χ2n) is 7.99. The Labute approximate surface area is 215 Å². The number of sulfonamides is 1. The summed E-state index contributed by atoms with van der Waals surface area (Å²) in [5.41, 5.74) is 0.708. The summed E-state index contributed by atoms with van der Waals surface area (Å²) in [6, 6.07) is 18.6. The van der Waals surface area contributed by atoms with Crippen LogP contribution in [0.4, 0.5) is 10.1 Å². The molecule has 0 aliphatic heterocycles. The number of likely N-dealkylation sites (N-methyl/N-ethyl adjacent to an activating group) is 1. The van der Waals surface area contributed by atoms with Crippen molar-refractivity contribution in [2.45, 2.75) is 31.3 Å². The van der Waals surface area contributed by atoms with Crippen molar-refractivity contribution in [1.82, 2.24) is 10.2 Å². The molecule has 0 saturated heterocycles. The minimum Gasteiger partial charge on any atom is -0.355 e. The molecule has 0 heterocycles. The Bertz CT molecular complexity index is 1300. The molecule has 0 saturated carbocycles. The van der Waals surface area contributed by atoms with Gasteiger partial charge in [0.15, 0.2) is 0 Å². The summed E-state index contributed by atoms with van der Waals surface area (Å²) in [5.74, 6) is -1.46. The monoisotopic (exact) mass is 531 g/mol. The standard InChI is InChI=1S/C26H27ClFN3O4S/c1-3-29-26(33)19(2)30(17-20-13-15-21(28)16-14-20)25(32)18-31(24-12-8-7-11-23(24)27)36(34,35)22-9-5-4-6-10-22/h4-16,19H,3,17-18H2,1-2H3,(H,29,33)/t19-/m0/s1. The molecule has 1 atom stereocenters. The van der Waals surface area contributed by atoms with Crippen molar-refractivity contribution < 1.29 is 22.4 Å². The Balaban J connectivity index is 2.02. The lowest BCUT2D eigenvalue weighted by atomic mass is 10.1. The third-order valence-electron chi connectivity index (χ3n) is 5.52. The van der Waals surface area contributed by atoms with E-state index in [1.807, 2.05) is 0 Å². The van der Waals surface area contributed by atoms with E-state index in [0.717, 1.165) is 4.31 Å². The molecule has 0 aromatic heterocycles. The summed E-state index contributed by atoms with van der Waals surface area (Å²) in [7, 11) is -4.19. The van der Waals surface area contributed by atoms with Gasteiger partial charge in [-0.1, -0.05) is 54.1 Å². The largest absolute Gasteiger partial charge is 0.355 e. The SMILES string of the molecule is CCNC(=O)[C@H](C)N(Cc1ccc(F)cc1)C(=O)CN(c1ccccc1Cl)S(=O)(=O)c1ccccc1. The minimum absolute atomic E-state index is 0.0143. The van der Waals surface area contributed by atoms with E-state index in [2.05, 4.69) is 5.32 Å². The molecule has 3 aromatic carbocycles. The molecule has 3 aromatic rings. The highest BCUT2D eigenvalue weighted by atomic mass is 35.5. The first-order chi connectivity index (χ1) is 17.1. The highest BCUT2D eigenvalue weighted by molar-refractivity contribution is 7.92. The minimum atomic E-state index is -4.19. The summed E-state index contributed by atoms with van der Waals surface area (Å²) in [4.78, 5) is 27.6. The number of benzene rings is 3. The van der Waals surface area contributed by atoms with E-state index in [1.54, 1.807) is 44.2 Å². The molecule has 1 N–H and O–H groups in total. The summed E-state index contributed by atoms with van der Waals surface area (Å²) in [6.07, 6.45) is 0. The van der Waals surface area contributed by atoms with Gasteiger partial charge in [0.25, 0.3) is 10.0 Å². The maximum atomic E-state index is 13.7. The first-order valence-electron chi connectivity index (χ1n) is 11.3. The molecule has 0 fully saturated rings. The third-order valence-corrected chi connectivity index (χ3v) is 7.61. The van der Waals surface area contributed by atoms with Crippen molar-refractivity contribution in [1.29, 1.82) is 0 Å². The molecule has 0 bridgehead atoms. The zero-order valence-corrected chi connectivity index (χ0v) is 21.5. The number of carbonyl (C=O) groups excluding carboxylic acids is 2. The maximum Gasteiger partial charge on any atom is 0.264 e. The Morgan fingerprint density at radius 1 is 0.972 bits per heavy atom. The van der Waals surface area contributed by atoms with Crippen molar-refractivity contribution in [3.8, 4) is 0 Å². The van der Waals surface area contributed by atoms with Crippen molar-refractivity contribution >= 4 is 39.1 Å². The summed E-state index contributed by atoms with van der Waals surface area (Å²) < 4.78 is 41.6. The van der Waals surface area contributed by atoms with Gasteiger partial charge in [-0.3, -0.25) is 13.9 Å².